The van der Waals surface area contributed by atoms with Gasteiger partial charge in [0.15, 0.2) is 5.82 Å². The van der Waals surface area contributed by atoms with Crippen molar-refractivity contribution in [2.24, 2.45) is 0 Å². The molecule has 1 heterocycles. The second-order valence-corrected chi connectivity index (χ2v) is 5.67. The van der Waals surface area contributed by atoms with E-state index in [4.69, 9.17) is 23.2 Å². The molecule has 0 saturated heterocycles. The van der Waals surface area contributed by atoms with Crippen LogP contribution >= 0.6 is 23.2 Å². The van der Waals surface area contributed by atoms with Crippen LogP contribution in [0.15, 0.2) is 30.3 Å². The maximum absolute atomic E-state index is 14.0. The van der Waals surface area contributed by atoms with Crippen molar-refractivity contribution in [2.75, 3.05) is 0 Å². The molecular formula is C16H11Cl2FN2. The van der Waals surface area contributed by atoms with Crippen LogP contribution in [0.25, 0.3) is 22.3 Å². The van der Waals surface area contributed by atoms with Gasteiger partial charge in [-0.15, -0.1) is 0 Å². The van der Waals surface area contributed by atoms with Crippen molar-refractivity contribution in [3.63, 3.8) is 0 Å². The van der Waals surface area contributed by atoms with Crippen molar-refractivity contribution >= 4 is 34.1 Å². The molecule has 106 valence electrons. The standard InChI is InChI=1S/C16H11Cl2FN2/c1-8-3-4-9(2)10(7-8)16-20-14-12(19)6-5-11(17)13(14)15(18)21-16/h3-7H,1-2H3. The number of rotatable bonds is 1. The molecule has 0 saturated carbocycles. The number of hydrogen-bond acceptors (Lipinski definition) is 2. The Morgan fingerprint density at radius 3 is 2.52 bits per heavy atom. The molecule has 3 aromatic rings. The van der Waals surface area contributed by atoms with E-state index in [0.717, 1.165) is 16.7 Å². The number of benzene rings is 2. The Kier molecular flexibility index (Phi) is 3.56. The summed E-state index contributed by atoms with van der Waals surface area (Å²) in [4.78, 5) is 8.59. The molecule has 1 aromatic heterocycles. The van der Waals surface area contributed by atoms with Crippen molar-refractivity contribution in [3.8, 4) is 11.4 Å². The van der Waals surface area contributed by atoms with Gasteiger partial charge in [-0.25, -0.2) is 14.4 Å². The lowest BCUT2D eigenvalue weighted by Gasteiger charge is -2.09. The van der Waals surface area contributed by atoms with E-state index >= 15 is 0 Å². The summed E-state index contributed by atoms with van der Waals surface area (Å²) in [6.07, 6.45) is 0. The van der Waals surface area contributed by atoms with Crippen LogP contribution in [0, 0.1) is 19.7 Å². The van der Waals surface area contributed by atoms with Gasteiger partial charge in [0, 0.05) is 5.56 Å². The minimum Gasteiger partial charge on any atom is -0.225 e. The van der Waals surface area contributed by atoms with Crippen molar-refractivity contribution in [2.45, 2.75) is 13.8 Å². The fourth-order valence-electron chi connectivity index (χ4n) is 2.22. The third-order valence-corrected chi connectivity index (χ3v) is 3.93. The molecule has 2 nitrogen and oxygen atoms in total. The van der Waals surface area contributed by atoms with Gasteiger partial charge in [0.25, 0.3) is 0 Å². The van der Waals surface area contributed by atoms with Crippen molar-refractivity contribution in [1.82, 2.24) is 9.97 Å². The first-order valence-corrected chi connectivity index (χ1v) is 7.12. The largest absolute Gasteiger partial charge is 0.225 e. The maximum atomic E-state index is 14.0. The molecule has 0 radical (unpaired) electrons. The molecule has 0 fully saturated rings. The van der Waals surface area contributed by atoms with E-state index in [1.165, 1.54) is 12.1 Å². The highest BCUT2D eigenvalue weighted by molar-refractivity contribution is 6.41. The Morgan fingerprint density at radius 2 is 1.76 bits per heavy atom. The number of fused-ring (bicyclic) bond motifs is 1. The van der Waals surface area contributed by atoms with Crippen LogP contribution in [0.1, 0.15) is 11.1 Å². The molecule has 3 rings (SSSR count). The second-order valence-electron chi connectivity index (χ2n) is 4.91. The fourth-order valence-corrected chi connectivity index (χ4v) is 2.79. The van der Waals surface area contributed by atoms with Gasteiger partial charge in [-0.2, -0.15) is 0 Å². The Balaban J connectivity index is 2.35. The Labute approximate surface area is 131 Å². The zero-order chi connectivity index (χ0) is 15.1. The third-order valence-electron chi connectivity index (χ3n) is 3.34. The van der Waals surface area contributed by atoms with Crippen molar-refractivity contribution in [1.29, 1.82) is 0 Å². The summed E-state index contributed by atoms with van der Waals surface area (Å²) in [6, 6.07) is 8.65. The zero-order valence-corrected chi connectivity index (χ0v) is 12.9. The summed E-state index contributed by atoms with van der Waals surface area (Å²) in [5.41, 5.74) is 3.04. The van der Waals surface area contributed by atoms with E-state index in [0.29, 0.717) is 16.2 Å². The predicted molar refractivity (Wildman–Crippen MR) is 84.4 cm³/mol. The van der Waals surface area contributed by atoms with Crippen LogP contribution in [-0.4, -0.2) is 9.97 Å². The topological polar surface area (TPSA) is 25.8 Å². The second kappa shape index (κ2) is 5.24. The van der Waals surface area contributed by atoms with Crippen LogP contribution in [0.4, 0.5) is 4.39 Å². The molecule has 0 bridgehead atoms. The molecule has 0 unspecified atom stereocenters. The van der Waals surface area contributed by atoms with E-state index in [1.807, 2.05) is 32.0 Å². The molecule has 0 aliphatic rings. The summed E-state index contributed by atoms with van der Waals surface area (Å²) in [5, 5.41) is 0.830. The van der Waals surface area contributed by atoms with Crippen molar-refractivity contribution < 1.29 is 4.39 Å². The summed E-state index contributed by atoms with van der Waals surface area (Å²) < 4.78 is 14.0. The summed E-state index contributed by atoms with van der Waals surface area (Å²) in [5.74, 6) is -0.0693. The number of hydrogen-bond donors (Lipinski definition) is 0. The van der Waals surface area contributed by atoms with E-state index < -0.39 is 5.82 Å². The van der Waals surface area contributed by atoms with Crippen LogP contribution in [-0.2, 0) is 0 Å². The average molecular weight is 321 g/mol. The Morgan fingerprint density at radius 1 is 1.00 bits per heavy atom. The first-order valence-electron chi connectivity index (χ1n) is 6.36. The van der Waals surface area contributed by atoms with Gasteiger partial charge in [0.1, 0.15) is 16.5 Å². The number of aryl methyl sites for hydroxylation is 2. The zero-order valence-electron chi connectivity index (χ0n) is 11.4. The first-order chi connectivity index (χ1) is 9.97. The first kappa shape index (κ1) is 14.2. The van der Waals surface area contributed by atoms with Crippen molar-refractivity contribution in [3.05, 3.63) is 57.5 Å². The van der Waals surface area contributed by atoms with Gasteiger partial charge in [-0.3, -0.25) is 0 Å². The smallest absolute Gasteiger partial charge is 0.161 e. The molecular weight excluding hydrogens is 310 g/mol. The van der Waals surface area contributed by atoms with Crippen LogP contribution in [0.2, 0.25) is 10.2 Å². The van der Waals surface area contributed by atoms with E-state index in [1.54, 1.807) is 0 Å². The summed E-state index contributed by atoms with van der Waals surface area (Å²) in [6.45, 7) is 3.92. The molecule has 5 heteroatoms. The van der Waals surface area contributed by atoms with E-state index in [9.17, 15) is 4.39 Å². The molecule has 0 amide bonds. The van der Waals surface area contributed by atoms with Gasteiger partial charge in [0.2, 0.25) is 0 Å². The molecule has 0 aliphatic carbocycles. The van der Waals surface area contributed by atoms with Gasteiger partial charge in [0.05, 0.1) is 10.4 Å². The predicted octanol–water partition coefficient (Wildman–Crippen LogP) is 5.36. The summed E-state index contributed by atoms with van der Waals surface area (Å²) in [7, 11) is 0. The normalized spacial score (nSPS) is 11.1. The Bertz CT molecular complexity index is 863. The number of halogens is 3. The quantitative estimate of drug-likeness (QED) is 0.564. The average Bonchev–Trinajstić information content (AvgIpc) is 2.45. The SMILES string of the molecule is Cc1ccc(C)c(-c2nc(Cl)c3c(Cl)ccc(F)c3n2)c1. The summed E-state index contributed by atoms with van der Waals surface area (Å²) >= 11 is 12.2. The van der Waals surface area contributed by atoms with Gasteiger partial charge < -0.3 is 0 Å². The Hall–Kier alpha value is -1.71. The third kappa shape index (κ3) is 2.47. The van der Waals surface area contributed by atoms with Crippen LogP contribution < -0.4 is 0 Å². The highest BCUT2D eigenvalue weighted by Gasteiger charge is 2.15. The van der Waals surface area contributed by atoms with Crippen LogP contribution in [0.5, 0.6) is 0 Å². The van der Waals surface area contributed by atoms with Gasteiger partial charge in [-0.1, -0.05) is 40.9 Å². The maximum Gasteiger partial charge on any atom is 0.161 e. The van der Waals surface area contributed by atoms with E-state index in [-0.39, 0.29) is 10.7 Å². The number of aromatic nitrogens is 2. The van der Waals surface area contributed by atoms with Gasteiger partial charge >= 0.3 is 0 Å². The highest BCUT2D eigenvalue weighted by atomic mass is 35.5. The fraction of sp³-hybridized carbons (Fsp3) is 0.125. The molecule has 21 heavy (non-hydrogen) atoms. The van der Waals surface area contributed by atoms with E-state index in [2.05, 4.69) is 9.97 Å². The minimum atomic E-state index is -0.467. The molecule has 0 spiro atoms. The molecule has 0 atom stereocenters. The monoisotopic (exact) mass is 320 g/mol. The minimum absolute atomic E-state index is 0.137. The lowest BCUT2D eigenvalue weighted by Crippen LogP contribution is -1.96. The lowest BCUT2D eigenvalue weighted by molar-refractivity contribution is 0.636. The molecule has 0 aliphatic heterocycles. The van der Waals surface area contributed by atoms with Crippen LogP contribution in [0.3, 0.4) is 0 Å². The van der Waals surface area contributed by atoms with Gasteiger partial charge in [-0.05, 0) is 37.6 Å². The highest BCUT2D eigenvalue weighted by Crippen LogP contribution is 2.32. The number of nitrogens with zero attached hydrogens (tertiary/aromatic N) is 2. The molecule has 0 N–H and O–H groups in total. The lowest BCUT2D eigenvalue weighted by atomic mass is 10.0. The molecule has 2 aromatic carbocycles.